The quantitative estimate of drug-likeness (QED) is 0.143. The van der Waals surface area contributed by atoms with Crippen LogP contribution >= 0.6 is 0 Å². The average molecular weight is 709 g/mol. The van der Waals surface area contributed by atoms with E-state index in [4.69, 9.17) is 0 Å². The first-order chi connectivity index (χ1) is 27.3. The second kappa shape index (κ2) is 16.2. The molecule has 4 aliphatic carbocycles. The summed E-state index contributed by atoms with van der Waals surface area (Å²) in [4.78, 5) is 0. The fraction of sp³-hybridized carbons (Fsp3) is 0.164. The summed E-state index contributed by atoms with van der Waals surface area (Å²) in [5.41, 5.74) is 17.8. The normalized spacial score (nSPS) is 20.0. The summed E-state index contributed by atoms with van der Waals surface area (Å²) in [6, 6.07) is 51.4. The van der Waals surface area contributed by atoms with Gasteiger partial charge in [-0.15, -0.1) is 0 Å². The monoisotopic (exact) mass is 708 g/mol. The maximum atomic E-state index is 2.61. The zero-order chi connectivity index (χ0) is 36.8. The molecule has 0 radical (unpaired) electrons. The highest BCUT2D eigenvalue weighted by atomic mass is 14.3. The second-order valence-corrected chi connectivity index (χ2v) is 15.3. The van der Waals surface area contributed by atoms with E-state index < -0.39 is 0 Å². The van der Waals surface area contributed by atoms with Crippen LogP contribution in [-0.2, 0) is 0 Å². The van der Waals surface area contributed by atoms with Gasteiger partial charge in [0.2, 0.25) is 0 Å². The van der Waals surface area contributed by atoms with Gasteiger partial charge in [0.05, 0.1) is 0 Å². The molecule has 0 fully saturated rings. The number of allylic oxidation sites excluding steroid dienone is 16. The first-order valence-corrected chi connectivity index (χ1v) is 20.2. The van der Waals surface area contributed by atoms with Gasteiger partial charge < -0.3 is 0 Å². The molecule has 55 heavy (non-hydrogen) atoms. The molecular weight excluding hydrogens is 661 g/mol. The summed E-state index contributed by atoms with van der Waals surface area (Å²) in [5.74, 6) is 0.595. The maximum absolute atomic E-state index is 2.61. The molecule has 0 heterocycles. The number of hydrogen-bond acceptors (Lipinski definition) is 0. The van der Waals surface area contributed by atoms with Crippen molar-refractivity contribution < 1.29 is 0 Å². The van der Waals surface area contributed by atoms with Crippen LogP contribution in [0.4, 0.5) is 0 Å². The van der Waals surface area contributed by atoms with Gasteiger partial charge in [0.15, 0.2) is 0 Å². The van der Waals surface area contributed by atoms with Crippen LogP contribution in [-0.4, -0.2) is 0 Å². The van der Waals surface area contributed by atoms with E-state index in [1.165, 1.54) is 72.4 Å². The summed E-state index contributed by atoms with van der Waals surface area (Å²) in [6.45, 7) is 0. The topological polar surface area (TPSA) is 0 Å². The minimum atomic E-state index is 0.108. The Labute approximate surface area is 327 Å². The molecule has 0 heteroatoms. The van der Waals surface area contributed by atoms with Gasteiger partial charge in [-0.1, -0.05) is 200 Å². The highest BCUT2D eigenvalue weighted by Crippen LogP contribution is 2.49. The van der Waals surface area contributed by atoms with Gasteiger partial charge in [-0.2, -0.15) is 0 Å². The minimum absolute atomic E-state index is 0.108. The summed E-state index contributed by atoms with van der Waals surface area (Å²) in [5, 5.41) is 0. The van der Waals surface area contributed by atoms with Crippen molar-refractivity contribution in [3.63, 3.8) is 0 Å². The lowest BCUT2D eigenvalue weighted by Gasteiger charge is -2.33. The van der Waals surface area contributed by atoms with Crippen LogP contribution in [0.25, 0.3) is 22.3 Å². The standard InChI is InChI=1S/C55H48/c1-7-19-40(20-8-1)49-34-31-46(37-52(49)43-25-13-4-14-26-43)55(47-32-35-50(41-21-9-2-10-22-41)53(38-47)44-27-15-5-16-28-44)48-33-36-51(42-23-11-3-12-24-42)54(39-48)45-29-17-6-18-30-45/h1-5,7-11,13-17,19-23,25-32,34-35,37-39,49,52,55H,6,12,18,24,33,36H2. The summed E-state index contributed by atoms with van der Waals surface area (Å²) < 4.78 is 0. The van der Waals surface area contributed by atoms with Gasteiger partial charge in [0.25, 0.3) is 0 Å². The van der Waals surface area contributed by atoms with Crippen LogP contribution in [0.2, 0.25) is 0 Å². The van der Waals surface area contributed by atoms with Crippen LogP contribution in [0.3, 0.4) is 0 Å². The predicted octanol–water partition coefficient (Wildman–Crippen LogP) is 14.7. The van der Waals surface area contributed by atoms with E-state index in [0.29, 0.717) is 0 Å². The number of rotatable bonds is 9. The Bertz CT molecular complexity index is 2390. The van der Waals surface area contributed by atoms with Crippen LogP contribution in [0, 0.1) is 0 Å². The van der Waals surface area contributed by atoms with E-state index in [9.17, 15) is 0 Å². The Morgan fingerprint density at radius 2 is 1.22 bits per heavy atom. The van der Waals surface area contributed by atoms with Crippen molar-refractivity contribution in [2.24, 2.45) is 0 Å². The molecule has 0 saturated carbocycles. The van der Waals surface area contributed by atoms with Crippen molar-refractivity contribution in [2.75, 3.05) is 0 Å². The van der Waals surface area contributed by atoms with Crippen LogP contribution in [0.5, 0.6) is 0 Å². The van der Waals surface area contributed by atoms with Gasteiger partial charge >= 0.3 is 0 Å². The fourth-order valence-corrected chi connectivity index (χ4v) is 9.19. The molecule has 0 spiro atoms. The summed E-state index contributed by atoms with van der Waals surface area (Å²) in [7, 11) is 0. The molecule has 0 amide bonds. The van der Waals surface area contributed by atoms with E-state index in [2.05, 4.69) is 200 Å². The SMILES string of the molecule is C1=CCCC(C2=C(C3=CCCC=C3)C=C(C(C3=CC(c4ccccc4)C(c4ccccc4)C=C3)c3ccc(-c4ccccc4)c(-c4ccccc4)c3)CC2)=C1. The van der Waals surface area contributed by atoms with Crippen molar-refractivity contribution in [3.05, 3.63) is 250 Å². The molecule has 4 aliphatic rings. The summed E-state index contributed by atoms with van der Waals surface area (Å²) in [6.07, 6.45) is 30.9. The third kappa shape index (κ3) is 7.43. The Hall–Kier alpha value is -5.98. The molecule has 5 aromatic rings. The molecule has 0 bridgehead atoms. The van der Waals surface area contributed by atoms with Gasteiger partial charge in [-0.05, 0) is 111 Å². The van der Waals surface area contributed by atoms with E-state index in [1.807, 2.05) is 0 Å². The molecule has 5 aromatic carbocycles. The Kier molecular flexibility index (Phi) is 10.2. The number of hydrogen-bond donors (Lipinski definition) is 0. The molecule has 0 aromatic heterocycles. The van der Waals surface area contributed by atoms with Gasteiger partial charge in [0.1, 0.15) is 0 Å². The molecular formula is C55H48. The lowest BCUT2D eigenvalue weighted by Crippen LogP contribution is -2.17. The van der Waals surface area contributed by atoms with E-state index in [0.717, 1.165) is 38.5 Å². The van der Waals surface area contributed by atoms with E-state index in [1.54, 1.807) is 0 Å². The van der Waals surface area contributed by atoms with Gasteiger partial charge in [0, 0.05) is 17.8 Å². The lowest BCUT2D eigenvalue weighted by molar-refractivity contribution is 0.705. The largest absolute Gasteiger partial charge is 0.0842 e. The molecule has 3 atom stereocenters. The van der Waals surface area contributed by atoms with Crippen molar-refractivity contribution in [2.45, 2.75) is 56.3 Å². The third-order valence-corrected chi connectivity index (χ3v) is 11.9. The molecule has 0 saturated heterocycles. The van der Waals surface area contributed by atoms with Gasteiger partial charge in [-0.25, -0.2) is 0 Å². The highest BCUT2D eigenvalue weighted by Gasteiger charge is 2.31. The first kappa shape index (κ1) is 34.8. The second-order valence-electron chi connectivity index (χ2n) is 15.3. The lowest BCUT2D eigenvalue weighted by atomic mass is 9.70. The Morgan fingerprint density at radius 1 is 0.545 bits per heavy atom. The first-order valence-electron chi connectivity index (χ1n) is 20.2. The van der Waals surface area contributed by atoms with Gasteiger partial charge in [-0.3, -0.25) is 0 Å². The third-order valence-electron chi connectivity index (χ3n) is 11.9. The number of benzene rings is 5. The van der Waals surface area contributed by atoms with Crippen molar-refractivity contribution in [1.29, 1.82) is 0 Å². The van der Waals surface area contributed by atoms with Crippen molar-refractivity contribution >= 4 is 0 Å². The minimum Gasteiger partial charge on any atom is -0.0842 e. The molecule has 9 rings (SSSR count). The van der Waals surface area contributed by atoms with E-state index in [-0.39, 0.29) is 17.8 Å². The zero-order valence-corrected chi connectivity index (χ0v) is 31.5. The van der Waals surface area contributed by atoms with Crippen molar-refractivity contribution in [3.8, 4) is 22.3 Å². The Balaban J connectivity index is 1.25. The summed E-state index contributed by atoms with van der Waals surface area (Å²) >= 11 is 0. The molecule has 3 unspecified atom stereocenters. The predicted molar refractivity (Wildman–Crippen MR) is 233 cm³/mol. The van der Waals surface area contributed by atoms with E-state index >= 15 is 0 Å². The van der Waals surface area contributed by atoms with Crippen LogP contribution < -0.4 is 0 Å². The smallest absolute Gasteiger partial charge is 0.0299 e. The zero-order valence-electron chi connectivity index (χ0n) is 31.5. The fourth-order valence-electron chi connectivity index (χ4n) is 9.19. The molecule has 0 aliphatic heterocycles. The molecule has 268 valence electrons. The van der Waals surface area contributed by atoms with Crippen LogP contribution in [0.15, 0.2) is 234 Å². The molecule has 0 nitrogen and oxygen atoms in total. The molecule has 0 N–H and O–H groups in total. The Morgan fingerprint density at radius 3 is 1.87 bits per heavy atom. The van der Waals surface area contributed by atoms with Crippen LogP contribution in [0.1, 0.15) is 73.0 Å². The highest BCUT2D eigenvalue weighted by molar-refractivity contribution is 5.84. The average Bonchev–Trinajstić information content (AvgIpc) is 3.28. The van der Waals surface area contributed by atoms with Crippen molar-refractivity contribution in [1.82, 2.24) is 0 Å². The maximum Gasteiger partial charge on any atom is 0.0299 e.